The Kier molecular flexibility index (Phi) is 3.63. The molecule has 19 heavy (non-hydrogen) atoms. The Morgan fingerprint density at radius 3 is 2.63 bits per heavy atom. The molecule has 0 saturated heterocycles. The maximum absolute atomic E-state index is 12.0. The second kappa shape index (κ2) is 5.06. The van der Waals surface area contributed by atoms with E-state index in [1.165, 1.54) is 0 Å². The number of carbonyl (C=O) groups is 1. The van der Waals surface area contributed by atoms with E-state index in [0.717, 1.165) is 16.7 Å². The van der Waals surface area contributed by atoms with Crippen molar-refractivity contribution in [1.29, 1.82) is 0 Å². The van der Waals surface area contributed by atoms with Gasteiger partial charge >= 0.3 is 5.97 Å². The van der Waals surface area contributed by atoms with Crippen molar-refractivity contribution >= 4 is 37.6 Å². The van der Waals surface area contributed by atoms with Gasteiger partial charge in [0.05, 0.1) is 0 Å². The molecule has 2 aromatic rings. The molecule has 6 nitrogen and oxygen atoms in total. The van der Waals surface area contributed by atoms with Crippen molar-refractivity contribution in [3.8, 4) is 0 Å². The summed E-state index contributed by atoms with van der Waals surface area (Å²) >= 11 is 3.23. The number of hydrogen-bond acceptors (Lipinski definition) is 3. The first-order valence-electron chi connectivity index (χ1n) is 5.08. The molecule has 0 saturated carbocycles. The van der Waals surface area contributed by atoms with Crippen molar-refractivity contribution in [3.05, 3.63) is 46.7 Å². The number of H-pyrrole nitrogens is 1. The standard InChI is InChI=1S/C11H9BrN2O4S/c12-7-2-1-3-8(4-7)14-19(17,18)9-5-10(11(15)16)13-6-9/h1-6,13-14H,(H,15,16). The molecular formula is C11H9BrN2O4S. The fourth-order valence-corrected chi connectivity index (χ4v) is 2.86. The van der Waals surface area contributed by atoms with Crippen LogP contribution in [-0.2, 0) is 10.0 Å². The van der Waals surface area contributed by atoms with Crippen LogP contribution in [0.1, 0.15) is 10.5 Å². The third-order valence-corrected chi connectivity index (χ3v) is 4.13. The maximum atomic E-state index is 12.0. The summed E-state index contributed by atoms with van der Waals surface area (Å²) in [5.74, 6) is -1.22. The minimum atomic E-state index is -3.81. The Bertz CT molecular complexity index is 724. The summed E-state index contributed by atoms with van der Waals surface area (Å²) in [6.45, 7) is 0. The van der Waals surface area contributed by atoms with Gasteiger partial charge in [-0.1, -0.05) is 22.0 Å². The average Bonchev–Trinajstić information content (AvgIpc) is 2.78. The smallest absolute Gasteiger partial charge is 0.352 e. The zero-order valence-corrected chi connectivity index (χ0v) is 11.8. The average molecular weight is 345 g/mol. The topological polar surface area (TPSA) is 99.3 Å². The van der Waals surface area contributed by atoms with Crippen LogP contribution < -0.4 is 4.72 Å². The summed E-state index contributed by atoms with van der Waals surface area (Å²) in [6.07, 6.45) is 1.13. The quantitative estimate of drug-likeness (QED) is 0.792. The second-order valence-corrected chi connectivity index (χ2v) is 6.27. The van der Waals surface area contributed by atoms with E-state index in [1.807, 2.05) is 0 Å². The van der Waals surface area contributed by atoms with E-state index in [0.29, 0.717) is 5.69 Å². The van der Waals surface area contributed by atoms with Crippen LogP contribution in [0.2, 0.25) is 0 Å². The van der Waals surface area contributed by atoms with E-state index in [9.17, 15) is 13.2 Å². The van der Waals surface area contributed by atoms with Gasteiger partial charge in [-0.15, -0.1) is 0 Å². The van der Waals surface area contributed by atoms with Crippen LogP contribution in [0.25, 0.3) is 0 Å². The first-order chi connectivity index (χ1) is 8.88. The Morgan fingerprint density at radius 1 is 1.32 bits per heavy atom. The molecule has 1 aromatic heterocycles. The Balaban J connectivity index is 2.29. The van der Waals surface area contributed by atoms with Crippen molar-refractivity contribution in [1.82, 2.24) is 4.98 Å². The molecule has 8 heteroatoms. The normalized spacial score (nSPS) is 11.2. The second-order valence-electron chi connectivity index (χ2n) is 3.67. The van der Waals surface area contributed by atoms with Gasteiger partial charge in [-0.25, -0.2) is 13.2 Å². The van der Waals surface area contributed by atoms with Crippen LogP contribution in [0.5, 0.6) is 0 Å². The Morgan fingerprint density at radius 2 is 2.05 bits per heavy atom. The number of anilines is 1. The third kappa shape index (κ3) is 3.15. The minimum Gasteiger partial charge on any atom is -0.477 e. The van der Waals surface area contributed by atoms with Gasteiger partial charge in [-0.3, -0.25) is 4.72 Å². The molecule has 0 bridgehead atoms. The predicted molar refractivity (Wildman–Crippen MR) is 72.7 cm³/mol. The first-order valence-corrected chi connectivity index (χ1v) is 7.36. The number of aromatic amines is 1. The maximum Gasteiger partial charge on any atom is 0.352 e. The third-order valence-electron chi connectivity index (χ3n) is 2.27. The summed E-state index contributed by atoms with van der Waals surface area (Å²) in [6, 6.07) is 7.69. The molecule has 2 rings (SSSR count). The minimum absolute atomic E-state index is 0.134. The molecule has 0 amide bonds. The van der Waals surface area contributed by atoms with Crippen LogP contribution in [0.15, 0.2) is 45.9 Å². The number of sulfonamides is 1. The molecule has 1 heterocycles. The lowest BCUT2D eigenvalue weighted by Crippen LogP contribution is -2.12. The molecular weight excluding hydrogens is 336 g/mol. The highest BCUT2D eigenvalue weighted by molar-refractivity contribution is 9.10. The van der Waals surface area contributed by atoms with E-state index in [-0.39, 0.29) is 10.6 Å². The van der Waals surface area contributed by atoms with E-state index in [1.54, 1.807) is 24.3 Å². The molecule has 0 aliphatic heterocycles. The van der Waals surface area contributed by atoms with Crippen molar-refractivity contribution in [2.24, 2.45) is 0 Å². The summed E-state index contributed by atoms with van der Waals surface area (Å²) in [7, 11) is -3.81. The summed E-state index contributed by atoms with van der Waals surface area (Å²) in [5, 5.41) is 8.74. The highest BCUT2D eigenvalue weighted by Crippen LogP contribution is 2.20. The largest absolute Gasteiger partial charge is 0.477 e. The first kappa shape index (κ1) is 13.6. The summed E-state index contributed by atoms with van der Waals surface area (Å²) in [4.78, 5) is 12.9. The molecule has 3 N–H and O–H groups in total. The zero-order chi connectivity index (χ0) is 14.0. The number of aromatic carboxylic acids is 1. The number of hydrogen-bond donors (Lipinski definition) is 3. The van der Waals surface area contributed by atoms with Crippen molar-refractivity contribution in [2.45, 2.75) is 4.90 Å². The molecule has 0 aliphatic rings. The molecule has 0 aliphatic carbocycles. The molecule has 100 valence electrons. The summed E-state index contributed by atoms with van der Waals surface area (Å²) in [5.41, 5.74) is 0.196. The van der Waals surface area contributed by atoms with Crippen LogP contribution in [0.3, 0.4) is 0 Å². The molecule has 0 spiro atoms. The number of aromatic nitrogens is 1. The number of nitrogens with one attached hydrogen (secondary N) is 2. The lowest BCUT2D eigenvalue weighted by atomic mass is 10.3. The predicted octanol–water partition coefficient (Wildman–Crippen LogP) is 2.28. The van der Waals surface area contributed by atoms with Gasteiger partial charge in [0.2, 0.25) is 0 Å². The van der Waals surface area contributed by atoms with Gasteiger partial charge in [0, 0.05) is 16.4 Å². The van der Waals surface area contributed by atoms with Crippen LogP contribution in [0.4, 0.5) is 5.69 Å². The number of rotatable bonds is 4. The Labute approximate surface area is 117 Å². The Hall–Kier alpha value is -1.80. The van der Waals surface area contributed by atoms with Gasteiger partial charge in [0.25, 0.3) is 10.0 Å². The lowest BCUT2D eigenvalue weighted by Gasteiger charge is -2.06. The molecule has 0 radical (unpaired) electrons. The van der Waals surface area contributed by atoms with Crippen LogP contribution in [-0.4, -0.2) is 24.5 Å². The molecule has 0 fully saturated rings. The van der Waals surface area contributed by atoms with Gasteiger partial charge in [0.1, 0.15) is 10.6 Å². The van der Waals surface area contributed by atoms with E-state index >= 15 is 0 Å². The molecule has 1 aromatic carbocycles. The van der Waals surface area contributed by atoms with Gasteiger partial charge in [0.15, 0.2) is 0 Å². The zero-order valence-electron chi connectivity index (χ0n) is 9.42. The van der Waals surface area contributed by atoms with E-state index < -0.39 is 16.0 Å². The van der Waals surface area contributed by atoms with Crippen LogP contribution in [0, 0.1) is 0 Å². The SMILES string of the molecule is O=C(O)c1cc(S(=O)(=O)Nc2cccc(Br)c2)c[nH]1. The number of benzene rings is 1. The van der Waals surface area contributed by atoms with Crippen molar-refractivity contribution in [3.63, 3.8) is 0 Å². The molecule has 0 unspecified atom stereocenters. The van der Waals surface area contributed by atoms with Gasteiger partial charge in [-0.2, -0.15) is 0 Å². The highest BCUT2D eigenvalue weighted by atomic mass is 79.9. The van der Waals surface area contributed by atoms with E-state index in [2.05, 4.69) is 25.6 Å². The van der Waals surface area contributed by atoms with Gasteiger partial charge < -0.3 is 10.1 Å². The van der Waals surface area contributed by atoms with Crippen molar-refractivity contribution < 1.29 is 18.3 Å². The lowest BCUT2D eigenvalue weighted by molar-refractivity contribution is 0.0691. The fraction of sp³-hybridized carbons (Fsp3) is 0. The van der Waals surface area contributed by atoms with E-state index in [4.69, 9.17) is 5.11 Å². The van der Waals surface area contributed by atoms with Crippen LogP contribution >= 0.6 is 15.9 Å². The fourth-order valence-electron chi connectivity index (χ4n) is 1.42. The molecule has 0 atom stereocenters. The highest BCUT2D eigenvalue weighted by Gasteiger charge is 2.18. The summed E-state index contributed by atoms with van der Waals surface area (Å²) < 4.78 is 27.1. The number of carboxylic acids is 1. The monoisotopic (exact) mass is 344 g/mol. The van der Waals surface area contributed by atoms with Crippen molar-refractivity contribution in [2.75, 3.05) is 4.72 Å². The number of halogens is 1. The number of carboxylic acid groups (broad SMARTS) is 1. The van der Waals surface area contributed by atoms with Gasteiger partial charge in [-0.05, 0) is 24.3 Å².